The number of benzene rings is 2. The average Bonchev–Trinajstić information content (AvgIpc) is 3.18. The first-order valence-corrected chi connectivity index (χ1v) is 10.2. The molecule has 2 heterocycles. The van der Waals surface area contributed by atoms with Gasteiger partial charge in [0.15, 0.2) is 0 Å². The highest BCUT2D eigenvalue weighted by Gasteiger charge is 2.26. The molecule has 0 aromatic heterocycles. The smallest absolute Gasteiger partial charge is 0.0349 e. The minimum absolute atomic E-state index is 0.635. The van der Waals surface area contributed by atoms with E-state index in [0.29, 0.717) is 6.04 Å². The molecular formula is C23H31N3. The van der Waals surface area contributed by atoms with Gasteiger partial charge >= 0.3 is 0 Å². The van der Waals surface area contributed by atoms with Crippen LogP contribution < -0.4 is 0 Å². The third-order valence-electron chi connectivity index (χ3n) is 5.97. The van der Waals surface area contributed by atoms with Crippen LogP contribution in [0, 0.1) is 0 Å². The Labute approximate surface area is 158 Å². The summed E-state index contributed by atoms with van der Waals surface area (Å²) >= 11 is 0. The van der Waals surface area contributed by atoms with Gasteiger partial charge in [-0.25, -0.2) is 0 Å². The molecule has 3 heteroatoms. The zero-order chi connectivity index (χ0) is 17.6. The molecule has 2 aliphatic heterocycles. The van der Waals surface area contributed by atoms with Crippen molar-refractivity contribution in [2.24, 2.45) is 0 Å². The third kappa shape index (κ3) is 4.53. The van der Waals surface area contributed by atoms with Crippen LogP contribution in [0.25, 0.3) is 0 Å². The molecule has 2 aromatic rings. The fraction of sp³-hybridized carbons (Fsp3) is 0.478. The van der Waals surface area contributed by atoms with Crippen molar-refractivity contribution in [3.05, 3.63) is 71.8 Å². The maximum absolute atomic E-state index is 2.70. The highest BCUT2D eigenvalue weighted by molar-refractivity contribution is 5.20. The van der Waals surface area contributed by atoms with Gasteiger partial charge in [0.1, 0.15) is 0 Å². The predicted molar refractivity (Wildman–Crippen MR) is 108 cm³/mol. The number of piperazine rings is 1. The van der Waals surface area contributed by atoms with E-state index in [4.69, 9.17) is 0 Å². The molecule has 0 amide bonds. The monoisotopic (exact) mass is 349 g/mol. The first kappa shape index (κ1) is 17.7. The number of hydrogen-bond donors (Lipinski definition) is 0. The number of hydrogen-bond acceptors (Lipinski definition) is 3. The summed E-state index contributed by atoms with van der Waals surface area (Å²) in [6.07, 6.45) is 2.65. The Hall–Kier alpha value is -1.68. The first-order chi connectivity index (χ1) is 12.9. The average molecular weight is 350 g/mol. The molecule has 1 atom stereocenters. The largest absolute Gasteiger partial charge is 0.300 e. The maximum Gasteiger partial charge on any atom is 0.0349 e. The van der Waals surface area contributed by atoms with E-state index in [-0.39, 0.29) is 0 Å². The summed E-state index contributed by atoms with van der Waals surface area (Å²) in [6.45, 7) is 9.56. The van der Waals surface area contributed by atoms with Gasteiger partial charge in [0.05, 0.1) is 0 Å². The van der Waals surface area contributed by atoms with Crippen LogP contribution in [0.3, 0.4) is 0 Å². The SMILES string of the molecule is c1ccc(CN2CCN(CCN3CCC[C@H]3c3ccccc3)CC2)cc1. The molecule has 2 fully saturated rings. The van der Waals surface area contributed by atoms with Crippen LogP contribution in [-0.2, 0) is 6.54 Å². The van der Waals surface area contributed by atoms with Gasteiger partial charge in [-0.3, -0.25) is 14.7 Å². The molecule has 4 rings (SSSR count). The van der Waals surface area contributed by atoms with E-state index in [1.165, 1.54) is 69.8 Å². The summed E-state index contributed by atoms with van der Waals surface area (Å²) in [6, 6.07) is 22.6. The lowest BCUT2D eigenvalue weighted by atomic mass is 10.0. The van der Waals surface area contributed by atoms with E-state index >= 15 is 0 Å². The van der Waals surface area contributed by atoms with Crippen LogP contribution in [0.1, 0.15) is 30.0 Å². The minimum atomic E-state index is 0.635. The first-order valence-electron chi connectivity index (χ1n) is 10.2. The zero-order valence-corrected chi connectivity index (χ0v) is 15.8. The van der Waals surface area contributed by atoms with E-state index in [0.717, 1.165) is 6.54 Å². The van der Waals surface area contributed by atoms with E-state index in [9.17, 15) is 0 Å². The molecule has 0 aliphatic carbocycles. The van der Waals surface area contributed by atoms with Crippen LogP contribution in [-0.4, -0.2) is 60.5 Å². The molecular weight excluding hydrogens is 318 g/mol. The summed E-state index contributed by atoms with van der Waals surface area (Å²) in [5.74, 6) is 0. The van der Waals surface area contributed by atoms with Gasteiger partial charge in [-0.15, -0.1) is 0 Å². The lowest BCUT2D eigenvalue weighted by molar-refractivity contribution is 0.112. The lowest BCUT2D eigenvalue weighted by Gasteiger charge is -2.36. The van der Waals surface area contributed by atoms with Crippen LogP contribution in [0.4, 0.5) is 0 Å². The van der Waals surface area contributed by atoms with Crippen molar-refractivity contribution in [1.82, 2.24) is 14.7 Å². The van der Waals surface area contributed by atoms with Crippen LogP contribution in [0.15, 0.2) is 60.7 Å². The molecule has 0 bridgehead atoms. The van der Waals surface area contributed by atoms with Crippen molar-refractivity contribution >= 4 is 0 Å². The van der Waals surface area contributed by atoms with Gasteiger partial charge < -0.3 is 0 Å². The van der Waals surface area contributed by atoms with Crippen molar-refractivity contribution in [2.45, 2.75) is 25.4 Å². The quantitative estimate of drug-likeness (QED) is 0.788. The van der Waals surface area contributed by atoms with Crippen LogP contribution in [0.5, 0.6) is 0 Å². The van der Waals surface area contributed by atoms with Gasteiger partial charge in [0.25, 0.3) is 0 Å². The lowest BCUT2D eigenvalue weighted by Crippen LogP contribution is -2.48. The second kappa shape index (κ2) is 8.81. The van der Waals surface area contributed by atoms with E-state index in [2.05, 4.69) is 75.4 Å². The number of nitrogens with zero attached hydrogens (tertiary/aromatic N) is 3. The molecule has 2 aromatic carbocycles. The minimum Gasteiger partial charge on any atom is -0.300 e. The zero-order valence-electron chi connectivity index (χ0n) is 15.8. The van der Waals surface area contributed by atoms with Crippen molar-refractivity contribution < 1.29 is 0 Å². The highest BCUT2D eigenvalue weighted by Crippen LogP contribution is 2.31. The van der Waals surface area contributed by atoms with E-state index in [1.54, 1.807) is 0 Å². The Bertz CT molecular complexity index is 650. The van der Waals surface area contributed by atoms with Crippen LogP contribution >= 0.6 is 0 Å². The molecule has 0 spiro atoms. The third-order valence-corrected chi connectivity index (χ3v) is 5.97. The second-order valence-electron chi connectivity index (χ2n) is 7.71. The molecule has 2 aliphatic rings. The van der Waals surface area contributed by atoms with Crippen molar-refractivity contribution in [1.29, 1.82) is 0 Å². The summed E-state index contributed by atoms with van der Waals surface area (Å²) in [5, 5.41) is 0. The van der Waals surface area contributed by atoms with E-state index in [1.807, 2.05) is 0 Å². The highest BCUT2D eigenvalue weighted by atomic mass is 15.3. The maximum atomic E-state index is 2.70. The summed E-state index contributed by atoms with van der Waals surface area (Å²) in [7, 11) is 0. The molecule has 3 nitrogen and oxygen atoms in total. The van der Waals surface area contributed by atoms with Crippen LogP contribution in [0.2, 0.25) is 0 Å². The van der Waals surface area contributed by atoms with Gasteiger partial charge in [0, 0.05) is 51.9 Å². The fourth-order valence-electron chi connectivity index (χ4n) is 4.43. The molecule has 2 saturated heterocycles. The summed E-state index contributed by atoms with van der Waals surface area (Å²) in [4.78, 5) is 7.95. The summed E-state index contributed by atoms with van der Waals surface area (Å²) < 4.78 is 0. The second-order valence-corrected chi connectivity index (χ2v) is 7.71. The number of likely N-dealkylation sites (tertiary alicyclic amines) is 1. The van der Waals surface area contributed by atoms with Gasteiger partial charge in [0.2, 0.25) is 0 Å². The topological polar surface area (TPSA) is 9.72 Å². The molecule has 0 N–H and O–H groups in total. The normalized spacial score (nSPS) is 22.7. The molecule has 0 radical (unpaired) electrons. The van der Waals surface area contributed by atoms with Crippen molar-refractivity contribution in [2.75, 3.05) is 45.8 Å². The standard InChI is InChI=1S/C23H31N3/c1-3-8-21(9-4-1)20-25-16-14-24(15-17-25)18-19-26-13-7-12-23(26)22-10-5-2-6-11-22/h1-6,8-11,23H,7,12-20H2/t23-/m0/s1. The Kier molecular flexibility index (Phi) is 6.00. The van der Waals surface area contributed by atoms with Gasteiger partial charge in [-0.1, -0.05) is 60.7 Å². The number of rotatable bonds is 6. The van der Waals surface area contributed by atoms with Gasteiger partial charge in [-0.05, 0) is 30.5 Å². The molecule has 0 saturated carbocycles. The Morgan fingerprint density at radius 1 is 0.692 bits per heavy atom. The van der Waals surface area contributed by atoms with Gasteiger partial charge in [-0.2, -0.15) is 0 Å². The summed E-state index contributed by atoms with van der Waals surface area (Å²) in [5.41, 5.74) is 2.93. The molecule has 0 unspecified atom stereocenters. The molecule has 138 valence electrons. The predicted octanol–water partition coefficient (Wildman–Crippen LogP) is 3.64. The molecule has 26 heavy (non-hydrogen) atoms. The fourth-order valence-corrected chi connectivity index (χ4v) is 4.43. The Morgan fingerprint density at radius 3 is 2.08 bits per heavy atom. The van der Waals surface area contributed by atoms with E-state index < -0.39 is 0 Å². The Morgan fingerprint density at radius 2 is 1.35 bits per heavy atom. The van der Waals surface area contributed by atoms with Crippen molar-refractivity contribution in [3.63, 3.8) is 0 Å². The Balaban J connectivity index is 1.22. The van der Waals surface area contributed by atoms with Crippen molar-refractivity contribution in [3.8, 4) is 0 Å².